The summed E-state index contributed by atoms with van der Waals surface area (Å²) in [6, 6.07) is 8.57. The minimum Gasteiger partial charge on any atom is -0.379 e. The van der Waals surface area contributed by atoms with Gasteiger partial charge in [-0.1, -0.05) is 0 Å². The van der Waals surface area contributed by atoms with Gasteiger partial charge in [0.1, 0.15) is 5.01 Å². The lowest BCUT2D eigenvalue weighted by molar-refractivity contribution is 0.969. The summed E-state index contributed by atoms with van der Waals surface area (Å²) in [7, 11) is 2.06. The van der Waals surface area contributed by atoms with Gasteiger partial charge in [0, 0.05) is 40.9 Å². The Morgan fingerprint density at radius 1 is 1.33 bits per heavy atom. The number of benzene rings is 1. The van der Waals surface area contributed by atoms with Crippen molar-refractivity contribution in [2.24, 2.45) is 7.05 Å². The summed E-state index contributed by atoms with van der Waals surface area (Å²) in [5.41, 5.74) is 3.49. The van der Waals surface area contributed by atoms with Crippen molar-refractivity contribution in [1.82, 2.24) is 9.55 Å². The average Bonchev–Trinajstić information content (AvgIpc) is 2.94. The lowest BCUT2D eigenvalue weighted by Crippen LogP contribution is -1.98. The van der Waals surface area contributed by atoms with Crippen LogP contribution in [0.3, 0.4) is 0 Å². The van der Waals surface area contributed by atoms with Gasteiger partial charge < -0.3 is 9.88 Å². The highest BCUT2D eigenvalue weighted by Crippen LogP contribution is 2.20. The van der Waals surface area contributed by atoms with E-state index in [1.54, 1.807) is 11.3 Å². The van der Waals surface area contributed by atoms with Crippen LogP contribution in [0.5, 0.6) is 0 Å². The van der Waals surface area contributed by atoms with E-state index in [4.69, 9.17) is 0 Å². The van der Waals surface area contributed by atoms with Crippen molar-refractivity contribution >= 4 is 27.9 Å². The van der Waals surface area contributed by atoms with Crippen LogP contribution in [-0.4, -0.2) is 9.55 Å². The van der Waals surface area contributed by atoms with Crippen molar-refractivity contribution in [2.45, 2.75) is 13.5 Å². The highest BCUT2D eigenvalue weighted by molar-refractivity contribution is 7.09. The maximum absolute atomic E-state index is 4.44. The number of aryl methyl sites for hydroxylation is 2. The summed E-state index contributed by atoms with van der Waals surface area (Å²) >= 11 is 1.70. The number of nitrogens with zero attached hydrogens (tertiary/aromatic N) is 2. The van der Waals surface area contributed by atoms with Gasteiger partial charge in [-0.05, 0) is 31.2 Å². The van der Waals surface area contributed by atoms with Crippen LogP contribution in [0.4, 0.5) is 5.69 Å². The average molecular weight is 257 g/mol. The smallest absolute Gasteiger partial charge is 0.112 e. The molecule has 0 bridgehead atoms. The second kappa shape index (κ2) is 4.46. The van der Waals surface area contributed by atoms with E-state index in [-0.39, 0.29) is 0 Å². The topological polar surface area (TPSA) is 29.9 Å². The summed E-state index contributed by atoms with van der Waals surface area (Å²) in [6.07, 6.45) is 2.08. The molecule has 0 fully saturated rings. The Morgan fingerprint density at radius 2 is 2.22 bits per heavy atom. The molecule has 0 saturated carbocycles. The van der Waals surface area contributed by atoms with Gasteiger partial charge in [-0.25, -0.2) is 4.98 Å². The van der Waals surface area contributed by atoms with E-state index >= 15 is 0 Å². The zero-order valence-electron chi connectivity index (χ0n) is 10.5. The second-order valence-electron chi connectivity index (χ2n) is 4.44. The first kappa shape index (κ1) is 11.3. The minimum atomic E-state index is 0.789. The van der Waals surface area contributed by atoms with Crippen LogP contribution >= 0.6 is 11.3 Å². The van der Waals surface area contributed by atoms with E-state index in [0.717, 1.165) is 22.9 Å². The summed E-state index contributed by atoms with van der Waals surface area (Å²) < 4.78 is 2.13. The van der Waals surface area contributed by atoms with Gasteiger partial charge in [-0.15, -0.1) is 11.3 Å². The molecule has 3 nitrogen and oxygen atoms in total. The molecule has 1 aromatic carbocycles. The molecule has 0 aliphatic carbocycles. The first-order valence-electron chi connectivity index (χ1n) is 5.92. The van der Waals surface area contributed by atoms with Gasteiger partial charge in [-0.2, -0.15) is 0 Å². The third-order valence-electron chi connectivity index (χ3n) is 3.00. The molecule has 0 unspecified atom stereocenters. The third kappa shape index (κ3) is 2.11. The minimum absolute atomic E-state index is 0.789. The molecule has 0 atom stereocenters. The standard InChI is InChI=1S/C14H15N3S/c1-10-9-18-14(16-10)8-15-12-3-4-13-11(7-12)5-6-17(13)2/h3-7,9,15H,8H2,1-2H3. The molecule has 0 aliphatic heterocycles. The van der Waals surface area contributed by atoms with Crippen LogP contribution in [-0.2, 0) is 13.6 Å². The Kier molecular flexibility index (Phi) is 2.80. The number of fused-ring (bicyclic) bond motifs is 1. The lowest BCUT2D eigenvalue weighted by Gasteiger charge is -2.05. The second-order valence-corrected chi connectivity index (χ2v) is 5.38. The monoisotopic (exact) mass is 257 g/mol. The molecule has 3 aromatic rings. The van der Waals surface area contributed by atoms with Crippen LogP contribution in [0.25, 0.3) is 10.9 Å². The van der Waals surface area contributed by atoms with Gasteiger partial charge in [-0.3, -0.25) is 0 Å². The van der Waals surface area contributed by atoms with E-state index in [2.05, 4.69) is 57.8 Å². The fourth-order valence-electron chi connectivity index (χ4n) is 2.05. The Hall–Kier alpha value is -1.81. The predicted octanol–water partition coefficient (Wildman–Crippen LogP) is 3.56. The SMILES string of the molecule is Cc1csc(CNc2ccc3c(ccn3C)c2)n1. The zero-order chi connectivity index (χ0) is 12.5. The maximum Gasteiger partial charge on any atom is 0.112 e. The molecule has 92 valence electrons. The Balaban J connectivity index is 1.78. The van der Waals surface area contributed by atoms with Crippen molar-refractivity contribution in [3.63, 3.8) is 0 Å². The molecular formula is C14H15N3S. The summed E-state index contributed by atoms with van der Waals surface area (Å²) in [5.74, 6) is 0. The molecular weight excluding hydrogens is 242 g/mol. The van der Waals surface area contributed by atoms with Crippen LogP contribution < -0.4 is 5.32 Å². The van der Waals surface area contributed by atoms with E-state index in [1.165, 1.54) is 10.9 Å². The number of hydrogen-bond donors (Lipinski definition) is 1. The Morgan fingerprint density at radius 3 is 3.00 bits per heavy atom. The van der Waals surface area contributed by atoms with Crippen molar-refractivity contribution < 1.29 is 0 Å². The van der Waals surface area contributed by atoms with Crippen molar-refractivity contribution in [3.05, 3.63) is 46.5 Å². The molecule has 2 heterocycles. The van der Waals surface area contributed by atoms with Gasteiger partial charge >= 0.3 is 0 Å². The van der Waals surface area contributed by atoms with E-state index in [1.807, 2.05) is 6.92 Å². The van der Waals surface area contributed by atoms with Crippen LogP contribution in [0, 0.1) is 6.92 Å². The number of anilines is 1. The quantitative estimate of drug-likeness (QED) is 0.777. The number of rotatable bonds is 3. The maximum atomic E-state index is 4.44. The zero-order valence-corrected chi connectivity index (χ0v) is 11.3. The van der Waals surface area contributed by atoms with E-state index in [0.29, 0.717) is 0 Å². The first-order chi connectivity index (χ1) is 8.72. The van der Waals surface area contributed by atoms with Crippen LogP contribution in [0.1, 0.15) is 10.7 Å². The predicted molar refractivity (Wildman–Crippen MR) is 77.1 cm³/mol. The van der Waals surface area contributed by atoms with Gasteiger partial charge in [0.05, 0.1) is 6.54 Å². The fourth-order valence-corrected chi connectivity index (χ4v) is 2.76. The van der Waals surface area contributed by atoms with E-state index in [9.17, 15) is 0 Å². The number of thiazole rings is 1. The van der Waals surface area contributed by atoms with Gasteiger partial charge in [0.25, 0.3) is 0 Å². The summed E-state index contributed by atoms with van der Waals surface area (Å²) in [5, 5.41) is 7.88. The highest BCUT2D eigenvalue weighted by Gasteiger charge is 2.01. The number of nitrogens with one attached hydrogen (secondary N) is 1. The first-order valence-corrected chi connectivity index (χ1v) is 6.80. The number of aromatic nitrogens is 2. The highest BCUT2D eigenvalue weighted by atomic mass is 32.1. The van der Waals surface area contributed by atoms with Crippen molar-refractivity contribution in [2.75, 3.05) is 5.32 Å². The molecule has 0 amide bonds. The molecule has 0 saturated heterocycles. The third-order valence-corrected chi connectivity index (χ3v) is 3.96. The van der Waals surface area contributed by atoms with Crippen LogP contribution in [0.15, 0.2) is 35.8 Å². The van der Waals surface area contributed by atoms with Gasteiger partial charge in [0.2, 0.25) is 0 Å². The molecule has 0 aliphatic rings. The van der Waals surface area contributed by atoms with E-state index < -0.39 is 0 Å². The Bertz CT molecular complexity index is 681. The fraction of sp³-hybridized carbons (Fsp3) is 0.214. The van der Waals surface area contributed by atoms with Crippen molar-refractivity contribution in [3.8, 4) is 0 Å². The lowest BCUT2D eigenvalue weighted by atomic mass is 10.2. The molecule has 2 aromatic heterocycles. The molecule has 0 spiro atoms. The summed E-state index contributed by atoms with van der Waals surface area (Å²) in [4.78, 5) is 4.44. The normalized spacial score (nSPS) is 11.0. The molecule has 3 rings (SSSR count). The molecule has 0 radical (unpaired) electrons. The van der Waals surface area contributed by atoms with Crippen LogP contribution in [0.2, 0.25) is 0 Å². The summed E-state index contributed by atoms with van der Waals surface area (Å²) in [6.45, 7) is 2.81. The van der Waals surface area contributed by atoms with Gasteiger partial charge in [0.15, 0.2) is 0 Å². The van der Waals surface area contributed by atoms with Crippen molar-refractivity contribution in [1.29, 1.82) is 0 Å². The Labute approximate surface area is 110 Å². The largest absolute Gasteiger partial charge is 0.379 e. The molecule has 18 heavy (non-hydrogen) atoms. The molecule has 1 N–H and O–H groups in total. The number of hydrogen-bond acceptors (Lipinski definition) is 3. The molecule has 4 heteroatoms.